The maximum atomic E-state index is 5.21. The molecule has 33 heavy (non-hydrogen) atoms. The smallest absolute Gasteiger partial charge is 0.162 e. The number of nitrogens with zero attached hydrogens (tertiary/aromatic N) is 4. The monoisotopic (exact) mass is 451 g/mol. The van der Waals surface area contributed by atoms with Crippen molar-refractivity contribution >= 4 is 11.5 Å². The number of piperidine rings is 1. The molecule has 0 bridgehead atoms. The molecule has 1 aliphatic heterocycles. The Balaban J connectivity index is 2.00. The van der Waals surface area contributed by atoms with Crippen LogP contribution in [-0.2, 0) is 12.8 Å². The third-order valence-corrected chi connectivity index (χ3v) is 6.75. The van der Waals surface area contributed by atoms with Crippen molar-refractivity contribution in [3.05, 3.63) is 35.0 Å². The number of likely N-dealkylation sites (tertiary alicyclic amines) is 1. The molecule has 0 aliphatic carbocycles. The van der Waals surface area contributed by atoms with Gasteiger partial charge in [-0.3, -0.25) is 0 Å². The number of anilines is 2. The molecular weight excluding hydrogens is 406 g/mol. The predicted octanol–water partition coefficient (Wildman–Crippen LogP) is 6.10. The minimum absolute atomic E-state index is 0.874. The minimum atomic E-state index is 0.874. The summed E-state index contributed by atoms with van der Waals surface area (Å²) in [6.45, 7) is 17.6. The molecule has 5 nitrogen and oxygen atoms in total. The lowest BCUT2D eigenvalue weighted by Crippen LogP contribution is -2.34. The molecule has 1 aromatic heterocycles. The van der Waals surface area contributed by atoms with Gasteiger partial charge in [-0.1, -0.05) is 52.3 Å². The number of benzene rings is 1. The molecule has 0 atom stereocenters. The first-order chi connectivity index (χ1) is 16.1. The van der Waals surface area contributed by atoms with Crippen molar-refractivity contribution in [2.24, 2.45) is 0 Å². The molecule has 1 fully saturated rings. The summed E-state index contributed by atoms with van der Waals surface area (Å²) in [5.74, 6) is 1.88. The van der Waals surface area contributed by atoms with Gasteiger partial charge >= 0.3 is 0 Å². The van der Waals surface area contributed by atoms with Gasteiger partial charge in [0.25, 0.3) is 0 Å². The van der Waals surface area contributed by atoms with Crippen LogP contribution >= 0.6 is 0 Å². The molecule has 1 aromatic carbocycles. The highest BCUT2D eigenvalue weighted by Crippen LogP contribution is 2.33. The third-order valence-electron chi connectivity index (χ3n) is 6.75. The average molecular weight is 452 g/mol. The van der Waals surface area contributed by atoms with Gasteiger partial charge < -0.3 is 15.1 Å². The van der Waals surface area contributed by atoms with Crippen LogP contribution in [0.5, 0.6) is 0 Å². The van der Waals surface area contributed by atoms with E-state index in [1.165, 1.54) is 54.7 Å². The van der Waals surface area contributed by atoms with E-state index in [1.54, 1.807) is 0 Å². The van der Waals surface area contributed by atoms with E-state index in [0.717, 1.165) is 69.2 Å². The molecule has 2 heterocycles. The summed E-state index contributed by atoms with van der Waals surface area (Å²) in [6, 6.07) is 6.63. The number of rotatable bonds is 12. The number of nitrogens with one attached hydrogen (secondary N) is 1. The lowest BCUT2D eigenvalue weighted by atomic mass is 9.97. The van der Waals surface area contributed by atoms with E-state index in [0.29, 0.717) is 0 Å². The molecule has 1 saturated heterocycles. The highest BCUT2D eigenvalue weighted by molar-refractivity contribution is 5.74. The first-order valence-corrected chi connectivity index (χ1v) is 13.3. The van der Waals surface area contributed by atoms with Crippen molar-refractivity contribution in [2.75, 3.05) is 49.5 Å². The van der Waals surface area contributed by atoms with Crippen molar-refractivity contribution in [2.45, 2.75) is 79.6 Å². The summed E-state index contributed by atoms with van der Waals surface area (Å²) in [6.07, 6.45) is 8.25. The molecule has 0 saturated carbocycles. The van der Waals surface area contributed by atoms with E-state index >= 15 is 0 Å². The van der Waals surface area contributed by atoms with Crippen LogP contribution in [0.2, 0.25) is 0 Å². The van der Waals surface area contributed by atoms with E-state index in [4.69, 9.17) is 9.97 Å². The zero-order chi connectivity index (χ0) is 23.6. The molecule has 5 heteroatoms. The molecule has 1 aliphatic rings. The number of aromatic nitrogens is 2. The zero-order valence-corrected chi connectivity index (χ0v) is 21.7. The van der Waals surface area contributed by atoms with Crippen LogP contribution in [0.3, 0.4) is 0 Å². The van der Waals surface area contributed by atoms with Gasteiger partial charge in [-0.05, 0) is 69.7 Å². The van der Waals surface area contributed by atoms with Crippen molar-refractivity contribution < 1.29 is 0 Å². The molecular formula is C28H45N5. The summed E-state index contributed by atoms with van der Waals surface area (Å²) in [5, 5.41) is 3.75. The number of aryl methyl sites for hydroxylation is 3. The Morgan fingerprint density at radius 1 is 0.909 bits per heavy atom. The van der Waals surface area contributed by atoms with Crippen molar-refractivity contribution in [3.8, 4) is 11.4 Å². The van der Waals surface area contributed by atoms with Crippen LogP contribution in [0, 0.1) is 6.92 Å². The van der Waals surface area contributed by atoms with Gasteiger partial charge in [-0.15, -0.1) is 0 Å². The van der Waals surface area contributed by atoms with E-state index in [9.17, 15) is 0 Å². The maximum Gasteiger partial charge on any atom is 0.162 e. The van der Waals surface area contributed by atoms with Crippen LogP contribution in [0.15, 0.2) is 18.2 Å². The van der Waals surface area contributed by atoms with Gasteiger partial charge in [0.15, 0.2) is 11.6 Å². The van der Waals surface area contributed by atoms with Crippen LogP contribution in [0.4, 0.5) is 11.5 Å². The van der Waals surface area contributed by atoms with Crippen LogP contribution in [0.25, 0.3) is 11.4 Å². The minimum Gasteiger partial charge on any atom is -0.367 e. The first-order valence-electron chi connectivity index (χ1n) is 13.3. The highest BCUT2D eigenvalue weighted by Gasteiger charge is 2.21. The predicted molar refractivity (Wildman–Crippen MR) is 143 cm³/mol. The molecule has 0 amide bonds. The largest absolute Gasteiger partial charge is 0.367 e. The fourth-order valence-corrected chi connectivity index (χ4v) is 5.10. The Labute approximate surface area is 202 Å². The molecule has 182 valence electrons. The van der Waals surface area contributed by atoms with E-state index in [2.05, 4.69) is 67.9 Å². The Morgan fingerprint density at radius 3 is 2.12 bits per heavy atom. The van der Waals surface area contributed by atoms with Crippen molar-refractivity contribution in [1.82, 2.24) is 14.9 Å². The number of hydrogen-bond donors (Lipinski definition) is 1. The second kappa shape index (κ2) is 12.9. The van der Waals surface area contributed by atoms with Gasteiger partial charge in [0, 0.05) is 31.7 Å². The summed E-state index contributed by atoms with van der Waals surface area (Å²) < 4.78 is 0. The average Bonchev–Trinajstić information content (AvgIpc) is 2.84. The molecule has 2 aromatic rings. The number of hydrogen-bond acceptors (Lipinski definition) is 5. The van der Waals surface area contributed by atoms with Gasteiger partial charge in [-0.25, -0.2) is 9.97 Å². The van der Waals surface area contributed by atoms with Crippen molar-refractivity contribution in [3.63, 3.8) is 0 Å². The second-order valence-electron chi connectivity index (χ2n) is 9.30. The second-order valence-corrected chi connectivity index (χ2v) is 9.30. The van der Waals surface area contributed by atoms with Crippen LogP contribution in [0.1, 0.15) is 76.6 Å². The summed E-state index contributed by atoms with van der Waals surface area (Å²) in [7, 11) is 0. The normalized spacial score (nSPS) is 14.5. The molecule has 1 N–H and O–H groups in total. The SMILES string of the molecule is CCCN(CCC)c1c(C)nc(-c2c(CC)cccc2CC)nc1NCCN1CCCCC1. The lowest BCUT2D eigenvalue weighted by molar-refractivity contribution is 0.237. The van der Waals surface area contributed by atoms with Crippen LogP contribution in [-0.4, -0.2) is 54.1 Å². The van der Waals surface area contributed by atoms with Gasteiger partial charge in [0.2, 0.25) is 0 Å². The first kappa shape index (κ1) is 25.5. The molecule has 0 radical (unpaired) electrons. The highest BCUT2D eigenvalue weighted by atomic mass is 15.2. The summed E-state index contributed by atoms with van der Waals surface area (Å²) >= 11 is 0. The molecule has 0 unspecified atom stereocenters. The fraction of sp³-hybridized carbons (Fsp3) is 0.643. The standard InChI is InChI=1S/C28H45N5/c1-6-17-33(18-7-2)26-22(5)30-27(25-23(8-3)14-13-15-24(25)9-4)31-28(26)29-16-21-32-19-11-10-12-20-32/h13-15H,6-12,16-21H2,1-5H3,(H,29,30,31). The summed E-state index contributed by atoms with van der Waals surface area (Å²) in [5.41, 5.74) is 6.16. The topological polar surface area (TPSA) is 44.3 Å². The van der Waals surface area contributed by atoms with E-state index in [-0.39, 0.29) is 0 Å². The third kappa shape index (κ3) is 6.47. The fourth-order valence-electron chi connectivity index (χ4n) is 5.10. The van der Waals surface area contributed by atoms with Crippen LogP contribution < -0.4 is 10.2 Å². The Morgan fingerprint density at radius 2 is 1.55 bits per heavy atom. The summed E-state index contributed by atoms with van der Waals surface area (Å²) in [4.78, 5) is 15.4. The van der Waals surface area contributed by atoms with Gasteiger partial charge in [0.05, 0.1) is 5.69 Å². The van der Waals surface area contributed by atoms with E-state index < -0.39 is 0 Å². The van der Waals surface area contributed by atoms with E-state index in [1.807, 2.05) is 0 Å². The molecule has 0 spiro atoms. The molecule has 3 rings (SSSR count). The quantitative estimate of drug-likeness (QED) is 0.422. The Kier molecular flexibility index (Phi) is 9.98. The Bertz CT molecular complexity index is 845. The maximum absolute atomic E-state index is 5.21. The van der Waals surface area contributed by atoms with Gasteiger partial charge in [0.1, 0.15) is 5.69 Å². The van der Waals surface area contributed by atoms with Gasteiger partial charge in [-0.2, -0.15) is 0 Å². The zero-order valence-electron chi connectivity index (χ0n) is 21.7. The van der Waals surface area contributed by atoms with Crippen molar-refractivity contribution in [1.29, 1.82) is 0 Å². The Hall–Kier alpha value is -2.14. The lowest BCUT2D eigenvalue weighted by Gasteiger charge is -2.29.